The summed E-state index contributed by atoms with van der Waals surface area (Å²) in [7, 11) is 0. The van der Waals surface area contributed by atoms with Crippen LogP contribution in [0.25, 0.3) is 0 Å². The van der Waals surface area contributed by atoms with E-state index < -0.39 is 0 Å². The maximum atomic E-state index is 11.6. The van der Waals surface area contributed by atoms with E-state index in [1.165, 1.54) is 0 Å². The number of ether oxygens (including phenoxy) is 2. The van der Waals surface area contributed by atoms with Gasteiger partial charge in [0.25, 0.3) is 0 Å². The molecule has 2 aromatic rings. The zero-order valence-corrected chi connectivity index (χ0v) is 21.0. The van der Waals surface area contributed by atoms with Gasteiger partial charge in [-0.05, 0) is 94.1 Å². The maximum absolute atomic E-state index is 11.6. The summed E-state index contributed by atoms with van der Waals surface area (Å²) < 4.78 is 11.2. The van der Waals surface area contributed by atoms with Gasteiger partial charge >= 0.3 is 0 Å². The molecule has 5 heteroatoms. The van der Waals surface area contributed by atoms with E-state index in [9.17, 15) is 4.79 Å². The molecule has 0 fully saturated rings. The molecule has 0 spiro atoms. The molecule has 0 aromatic heterocycles. The quantitative estimate of drug-likeness (QED) is 0.147. The van der Waals surface area contributed by atoms with E-state index in [1.807, 2.05) is 62.4 Å². The van der Waals surface area contributed by atoms with Crippen LogP contribution in [0.2, 0.25) is 0 Å². The SMILES string of the molecule is C/C(C#Cc1ccc(OCCCCO)cc1)=C(C=O)\C=C(/C)C#Cc1ccc(OCCCCO)cc1. The Morgan fingerprint density at radius 3 is 1.67 bits per heavy atom. The molecule has 0 atom stereocenters. The molecule has 0 amide bonds. The molecule has 2 aromatic carbocycles. The lowest BCUT2D eigenvalue weighted by atomic mass is 10.1. The van der Waals surface area contributed by atoms with Crippen LogP contribution in [0, 0.1) is 23.7 Å². The van der Waals surface area contributed by atoms with Gasteiger partial charge < -0.3 is 19.7 Å². The summed E-state index contributed by atoms with van der Waals surface area (Å²) in [5.41, 5.74) is 3.58. The van der Waals surface area contributed by atoms with Gasteiger partial charge in [0, 0.05) is 41.1 Å². The number of hydrogen-bond acceptors (Lipinski definition) is 5. The van der Waals surface area contributed by atoms with E-state index in [4.69, 9.17) is 19.7 Å². The van der Waals surface area contributed by atoms with Gasteiger partial charge in [0.2, 0.25) is 0 Å². The Labute approximate surface area is 214 Å². The molecule has 0 bridgehead atoms. The summed E-state index contributed by atoms with van der Waals surface area (Å²) in [4.78, 5) is 11.6. The monoisotopic (exact) mass is 486 g/mol. The van der Waals surface area contributed by atoms with Crippen LogP contribution in [0.5, 0.6) is 11.5 Å². The van der Waals surface area contributed by atoms with Crippen molar-refractivity contribution in [2.24, 2.45) is 0 Å². The highest BCUT2D eigenvalue weighted by atomic mass is 16.5. The molecule has 0 aliphatic carbocycles. The fourth-order valence-corrected chi connectivity index (χ4v) is 2.99. The van der Waals surface area contributed by atoms with Crippen molar-refractivity contribution in [3.63, 3.8) is 0 Å². The van der Waals surface area contributed by atoms with E-state index >= 15 is 0 Å². The molecule has 0 aliphatic rings. The fraction of sp³-hybridized carbons (Fsp3) is 0.323. The Balaban J connectivity index is 1.99. The number of unbranched alkanes of at least 4 members (excludes halogenated alkanes) is 2. The molecule has 0 saturated carbocycles. The molecule has 36 heavy (non-hydrogen) atoms. The molecule has 0 aliphatic heterocycles. The van der Waals surface area contributed by atoms with Gasteiger partial charge in [-0.25, -0.2) is 0 Å². The summed E-state index contributed by atoms with van der Waals surface area (Å²) in [6, 6.07) is 15.0. The number of benzene rings is 2. The van der Waals surface area contributed by atoms with Gasteiger partial charge in [-0.15, -0.1) is 0 Å². The number of carbonyl (C=O) groups excluding carboxylic acids is 1. The first-order valence-corrected chi connectivity index (χ1v) is 12.1. The van der Waals surface area contributed by atoms with Crippen LogP contribution in [-0.2, 0) is 4.79 Å². The average Bonchev–Trinajstić information content (AvgIpc) is 2.91. The Morgan fingerprint density at radius 2 is 1.22 bits per heavy atom. The number of aliphatic hydroxyl groups is 2. The molecule has 0 radical (unpaired) electrons. The van der Waals surface area contributed by atoms with Gasteiger partial charge in [0.05, 0.1) is 13.2 Å². The summed E-state index contributed by atoms with van der Waals surface area (Å²) in [5, 5.41) is 17.6. The average molecular weight is 487 g/mol. The van der Waals surface area contributed by atoms with E-state index in [-0.39, 0.29) is 13.2 Å². The highest BCUT2D eigenvalue weighted by Crippen LogP contribution is 2.14. The van der Waals surface area contributed by atoms with Crippen LogP contribution in [0.15, 0.2) is 71.3 Å². The predicted molar refractivity (Wildman–Crippen MR) is 143 cm³/mol. The first kappa shape index (κ1) is 28.5. The molecular formula is C31H34O5. The minimum atomic E-state index is 0.173. The Bertz CT molecular complexity index is 1130. The lowest BCUT2D eigenvalue weighted by Crippen LogP contribution is -1.98. The van der Waals surface area contributed by atoms with Crippen LogP contribution in [0.4, 0.5) is 0 Å². The highest BCUT2D eigenvalue weighted by molar-refractivity contribution is 5.81. The number of aliphatic hydroxyl groups excluding tert-OH is 2. The number of hydrogen-bond donors (Lipinski definition) is 2. The van der Waals surface area contributed by atoms with Crippen molar-refractivity contribution in [3.05, 3.63) is 82.5 Å². The summed E-state index contributed by atoms with van der Waals surface area (Å²) in [6.07, 6.45) is 5.61. The van der Waals surface area contributed by atoms with Crippen molar-refractivity contribution < 1.29 is 24.5 Å². The van der Waals surface area contributed by atoms with Crippen LogP contribution in [-0.4, -0.2) is 42.9 Å². The second-order valence-electron chi connectivity index (χ2n) is 8.13. The molecule has 0 unspecified atom stereocenters. The summed E-state index contributed by atoms with van der Waals surface area (Å²) >= 11 is 0. The number of carbonyl (C=O) groups is 1. The highest BCUT2D eigenvalue weighted by Gasteiger charge is 1.99. The van der Waals surface area contributed by atoms with Crippen molar-refractivity contribution in [1.82, 2.24) is 0 Å². The van der Waals surface area contributed by atoms with E-state index in [0.717, 1.165) is 60.2 Å². The van der Waals surface area contributed by atoms with Crippen molar-refractivity contribution in [2.75, 3.05) is 26.4 Å². The fourth-order valence-electron chi connectivity index (χ4n) is 2.99. The summed E-state index contributed by atoms with van der Waals surface area (Å²) in [6.45, 7) is 5.15. The first-order valence-electron chi connectivity index (χ1n) is 12.1. The second-order valence-corrected chi connectivity index (χ2v) is 8.13. The van der Waals surface area contributed by atoms with E-state index in [0.29, 0.717) is 24.4 Å². The molecule has 5 nitrogen and oxygen atoms in total. The zero-order chi connectivity index (χ0) is 26.0. The van der Waals surface area contributed by atoms with Gasteiger partial charge in [-0.2, -0.15) is 0 Å². The first-order chi connectivity index (χ1) is 17.5. The van der Waals surface area contributed by atoms with E-state index in [2.05, 4.69) is 23.7 Å². The van der Waals surface area contributed by atoms with Gasteiger partial charge in [0.15, 0.2) is 6.29 Å². The van der Waals surface area contributed by atoms with Crippen LogP contribution < -0.4 is 9.47 Å². The van der Waals surface area contributed by atoms with Crippen molar-refractivity contribution in [2.45, 2.75) is 39.5 Å². The Hall–Kier alpha value is -3.77. The van der Waals surface area contributed by atoms with Crippen LogP contribution in [0.3, 0.4) is 0 Å². The normalized spacial score (nSPS) is 11.4. The van der Waals surface area contributed by atoms with Crippen LogP contribution in [0.1, 0.15) is 50.7 Å². The Morgan fingerprint density at radius 1 is 0.750 bits per heavy atom. The number of rotatable bonds is 12. The van der Waals surface area contributed by atoms with Crippen molar-refractivity contribution in [1.29, 1.82) is 0 Å². The van der Waals surface area contributed by atoms with Crippen LogP contribution >= 0.6 is 0 Å². The zero-order valence-electron chi connectivity index (χ0n) is 21.0. The van der Waals surface area contributed by atoms with Gasteiger partial charge in [0.1, 0.15) is 11.5 Å². The minimum Gasteiger partial charge on any atom is -0.494 e. The molecule has 0 heterocycles. The lowest BCUT2D eigenvalue weighted by Gasteiger charge is -2.05. The molecule has 2 rings (SSSR count). The largest absolute Gasteiger partial charge is 0.494 e. The Kier molecular flexibility index (Phi) is 13.3. The standard InChI is InChI=1S/C31H34O5/c1-25(7-9-27-11-15-30(16-12-27)35-21-5-3-19-32)23-29(24-34)26(2)8-10-28-13-17-31(18-14-28)36-22-6-4-20-33/h11-18,23-24,32-33H,3-6,19-22H2,1-2H3/b25-23+,29-26-. The van der Waals surface area contributed by atoms with Gasteiger partial charge in [-0.1, -0.05) is 23.7 Å². The van der Waals surface area contributed by atoms with Crippen molar-refractivity contribution >= 4 is 6.29 Å². The molecular weight excluding hydrogens is 452 g/mol. The third-order valence-corrected chi connectivity index (χ3v) is 5.08. The summed E-state index contributed by atoms with van der Waals surface area (Å²) in [5.74, 6) is 13.8. The maximum Gasteiger partial charge on any atom is 0.150 e. The number of allylic oxidation sites excluding steroid dienone is 4. The van der Waals surface area contributed by atoms with Crippen molar-refractivity contribution in [3.8, 4) is 35.2 Å². The molecule has 188 valence electrons. The topological polar surface area (TPSA) is 76.0 Å². The smallest absolute Gasteiger partial charge is 0.150 e. The third-order valence-electron chi connectivity index (χ3n) is 5.08. The predicted octanol–water partition coefficient (Wildman–Crippen LogP) is 4.85. The second kappa shape index (κ2) is 16.8. The van der Waals surface area contributed by atoms with E-state index in [1.54, 1.807) is 6.08 Å². The minimum absolute atomic E-state index is 0.173. The lowest BCUT2D eigenvalue weighted by molar-refractivity contribution is -0.104. The molecule has 0 saturated heterocycles. The van der Waals surface area contributed by atoms with Gasteiger partial charge in [-0.3, -0.25) is 4.79 Å². The third kappa shape index (κ3) is 11.1. The molecule has 2 N–H and O–H groups in total. The number of aldehydes is 1.